The first-order valence-electron chi connectivity index (χ1n) is 8.37. The Morgan fingerprint density at radius 2 is 1.71 bits per heavy atom. The lowest BCUT2D eigenvalue weighted by Gasteiger charge is -2.08. The molecule has 0 unspecified atom stereocenters. The average molecular weight is 507 g/mol. The monoisotopic (exact) mass is 505 g/mol. The quantitative estimate of drug-likeness (QED) is 0.539. The predicted molar refractivity (Wildman–Crippen MR) is 114 cm³/mol. The molecule has 1 aromatic heterocycles. The largest absolute Gasteiger partial charge is 0.323 e. The Bertz CT molecular complexity index is 1050. The van der Waals surface area contributed by atoms with Crippen molar-refractivity contribution in [3.8, 4) is 0 Å². The molecule has 0 radical (unpaired) electrons. The van der Waals surface area contributed by atoms with Crippen LogP contribution in [0.4, 0.5) is 11.4 Å². The highest BCUT2D eigenvalue weighted by molar-refractivity contribution is 9.11. The number of aryl methyl sites for hydroxylation is 1. The standard InChI is InChI=1S/C19H17Br2N5O2/c1-11-7-8-16(14(21)9-11)23-19(28)18-12(2)26(25-24-18)10-17(27)22-15-6-4-3-5-13(15)20/h3-9H,10H2,1-2H3,(H,22,27)(H,23,28). The van der Waals surface area contributed by atoms with Gasteiger partial charge in [-0.05, 0) is 75.5 Å². The van der Waals surface area contributed by atoms with E-state index >= 15 is 0 Å². The molecule has 0 aliphatic heterocycles. The van der Waals surface area contributed by atoms with Crippen LogP contribution in [-0.4, -0.2) is 26.8 Å². The molecular formula is C19H17Br2N5O2. The summed E-state index contributed by atoms with van der Waals surface area (Å²) in [6, 6.07) is 12.9. The van der Waals surface area contributed by atoms with E-state index in [1.165, 1.54) is 4.68 Å². The fraction of sp³-hybridized carbons (Fsp3) is 0.158. The van der Waals surface area contributed by atoms with Gasteiger partial charge in [-0.3, -0.25) is 9.59 Å². The molecule has 7 nitrogen and oxygen atoms in total. The van der Waals surface area contributed by atoms with Crippen LogP contribution < -0.4 is 10.6 Å². The first kappa shape index (κ1) is 20.2. The number of aromatic nitrogens is 3. The molecular weight excluding hydrogens is 490 g/mol. The van der Waals surface area contributed by atoms with Crippen LogP contribution in [0.15, 0.2) is 51.4 Å². The van der Waals surface area contributed by atoms with Gasteiger partial charge in [-0.15, -0.1) is 5.10 Å². The fourth-order valence-corrected chi connectivity index (χ4v) is 3.49. The lowest BCUT2D eigenvalue weighted by Crippen LogP contribution is -2.21. The van der Waals surface area contributed by atoms with Gasteiger partial charge in [0.15, 0.2) is 5.69 Å². The van der Waals surface area contributed by atoms with Crippen molar-refractivity contribution in [1.29, 1.82) is 0 Å². The number of nitrogens with zero attached hydrogens (tertiary/aromatic N) is 3. The Morgan fingerprint density at radius 1 is 1.00 bits per heavy atom. The number of halogens is 2. The highest BCUT2D eigenvalue weighted by Crippen LogP contribution is 2.24. The van der Waals surface area contributed by atoms with E-state index in [1.807, 2.05) is 43.3 Å². The zero-order chi connectivity index (χ0) is 20.3. The molecule has 1 heterocycles. The third-order valence-corrected chi connectivity index (χ3v) is 5.36. The molecule has 3 rings (SSSR count). The van der Waals surface area contributed by atoms with Gasteiger partial charge in [0.2, 0.25) is 5.91 Å². The molecule has 144 valence electrons. The maximum atomic E-state index is 12.6. The van der Waals surface area contributed by atoms with Crippen LogP contribution in [0.1, 0.15) is 21.7 Å². The number of rotatable bonds is 5. The third kappa shape index (κ3) is 4.66. The topological polar surface area (TPSA) is 88.9 Å². The predicted octanol–water partition coefficient (Wildman–Crippen LogP) is 4.31. The van der Waals surface area contributed by atoms with Crippen LogP contribution in [0, 0.1) is 13.8 Å². The molecule has 28 heavy (non-hydrogen) atoms. The molecule has 0 bridgehead atoms. The van der Waals surface area contributed by atoms with Crippen LogP contribution in [0.2, 0.25) is 0 Å². The minimum absolute atomic E-state index is 0.0539. The van der Waals surface area contributed by atoms with Crippen LogP contribution in [0.3, 0.4) is 0 Å². The maximum Gasteiger partial charge on any atom is 0.278 e. The number of amides is 2. The number of hydrogen-bond acceptors (Lipinski definition) is 4. The Hall–Kier alpha value is -2.52. The van der Waals surface area contributed by atoms with Crippen LogP contribution in [-0.2, 0) is 11.3 Å². The molecule has 0 fully saturated rings. The lowest BCUT2D eigenvalue weighted by molar-refractivity contribution is -0.117. The van der Waals surface area contributed by atoms with E-state index in [9.17, 15) is 9.59 Å². The Balaban J connectivity index is 1.70. The summed E-state index contributed by atoms with van der Waals surface area (Å²) in [6.45, 7) is 3.61. The molecule has 3 aromatic rings. The fourth-order valence-electron chi connectivity index (χ4n) is 2.51. The van der Waals surface area contributed by atoms with Gasteiger partial charge in [0.25, 0.3) is 5.91 Å². The van der Waals surface area contributed by atoms with Crippen LogP contribution >= 0.6 is 31.9 Å². The van der Waals surface area contributed by atoms with Crippen LogP contribution in [0.25, 0.3) is 0 Å². The Labute approximate surface area is 178 Å². The number of carbonyl (C=O) groups excluding carboxylic acids is 2. The first-order valence-corrected chi connectivity index (χ1v) is 9.95. The van der Waals surface area contributed by atoms with E-state index in [1.54, 1.807) is 13.0 Å². The second-order valence-corrected chi connectivity index (χ2v) is 7.86. The molecule has 2 amide bonds. The SMILES string of the molecule is Cc1ccc(NC(=O)c2nnn(CC(=O)Nc3ccccc3Br)c2C)c(Br)c1. The highest BCUT2D eigenvalue weighted by atomic mass is 79.9. The van der Waals surface area contributed by atoms with Crippen molar-refractivity contribution < 1.29 is 9.59 Å². The number of carbonyl (C=O) groups is 2. The normalized spacial score (nSPS) is 10.6. The second kappa shape index (κ2) is 8.66. The summed E-state index contributed by atoms with van der Waals surface area (Å²) in [4.78, 5) is 24.9. The van der Waals surface area contributed by atoms with E-state index in [4.69, 9.17) is 0 Å². The van der Waals surface area contributed by atoms with Crippen molar-refractivity contribution in [2.45, 2.75) is 20.4 Å². The number of benzene rings is 2. The van der Waals surface area contributed by atoms with E-state index in [0.717, 1.165) is 14.5 Å². The van der Waals surface area contributed by atoms with Gasteiger partial charge < -0.3 is 10.6 Å². The van der Waals surface area contributed by atoms with Gasteiger partial charge in [0.1, 0.15) is 6.54 Å². The van der Waals surface area contributed by atoms with Gasteiger partial charge in [-0.2, -0.15) is 0 Å². The smallest absolute Gasteiger partial charge is 0.278 e. The van der Waals surface area contributed by atoms with E-state index < -0.39 is 0 Å². The highest BCUT2D eigenvalue weighted by Gasteiger charge is 2.19. The van der Waals surface area contributed by atoms with E-state index in [-0.39, 0.29) is 24.1 Å². The summed E-state index contributed by atoms with van der Waals surface area (Å²) < 4.78 is 2.95. The zero-order valence-corrected chi connectivity index (χ0v) is 18.3. The molecule has 0 spiro atoms. The van der Waals surface area contributed by atoms with Crippen molar-refractivity contribution in [2.75, 3.05) is 10.6 Å². The molecule has 0 aliphatic rings. The molecule has 9 heteroatoms. The second-order valence-electron chi connectivity index (χ2n) is 6.15. The Kier molecular flexibility index (Phi) is 6.25. The third-order valence-electron chi connectivity index (χ3n) is 4.01. The van der Waals surface area contributed by atoms with E-state index in [0.29, 0.717) is 17.1 Å². The van der Waals surface area contributed by atoms with Crippen molar-refractivity contribution in [1.82, 2.24) is 15.0 Å². The maximum absolute atomic E-state index is 12.6. The first-order chi connectivity index (χ1) is 13.3. The molecule has 0 atom stereocenters. The number of nitrogens with one attached hydrogen (secondary N) is 2. The molecule has 0 saturated carbocycles. The summed E-state index contributed by atoms with van der Waals surface area (Å²) >= 11 is 6.81. The number of hydrogen-bond donors (Lipinski definition) is 2. The van der Waals surface area contributed by atoms with Gasteiger partial charge in [-0.25, -0.2) is 4.68 Å². The molecule has 0 aliphatic carbocycles. The number of para-hydroxylation sites is 1. The summed E-state index contributed by atoms with van der Waals surface area (Å²) in [5.41, 5.74) is 3.04. The van der Waals surface area contributed by atoms with Crippen molar-refractivity contribution in [2.24, 2.45) is 0 Å². The lowest BCUT2D eigenvalue weighted by atomic mass is 10.2. The summed E-state index contributed by atoms with van der Waals surface area (Å²) in [5.74, 6) is -0.660. The summed E-state index contributed by atoms with van der Waals surface area (Å²) in [7, 11) is 0. The summed E-state index contributed by atoms with van der Waals surface area (Å²) in [6.07, 6.45) is 0. The zero-order valence-electron chi connectivity index (χ0n) is 15.2. The van der Waals surface area contributed by atoms with Crippen molar-refractivity contribution in [3.05, 3.63) is 68.4 Å². The van der Waals surface area contributed by atoms with Crippen molar-refractivity contribution in [3.63, 3.8) is 0 Å². The molecule has 0 saturated heterocycles. The summed E-state index contributed by atoms with van der Waals surface area (Å²) in [5, 5.41) is 13.5. The van der Waals surface area contributed by atoms with Crippen molar-refractivity contribution >= 4 is 55.0 Å². The Morgan fingerprint density at radius 3 is 2.43 bits per heavy atom. The van der Waals surface area contributed by atoms with E-state index in [2.05, 4.69) is 52.8 Å². The van der Waals surface area contributed by atoms with Gasteiger partial charge in [0, 0.05) is 8.95 Å². The minimum atomic E-state index is -0.389. The van der Waals surface area contributed by atoms with Gasteiger partial charge in [-0.1, -0.05) is 23.4 Å². The van der Waals surface area contributed by atoms with Gasteiger partial charge >= 0.3 is 0 Å². The minimum Gasteiger partial charge on any atom is -0.323 e. The molecule has 2 N–H and O–H groups in total. The number of anilines is 2. The average Bonchev–Trinajstić information content (AvgIpc) is 3.00. The van der Waals surface area contributed by atoms with Gasteiger partial charge in [0.05, 0.1) is 17.1 Å². The molecule has 2 aromatic carbocycles. The van der Waals surface area contributed by atoms with Crippen LogP contribution in [0.5, 0.6) is 0 Å².